The van der Waals surface area contributed by atoms with Gasteiger partial charge in [-0.05, 0) is 43.2 Å². The number of carbonyl (C=O) groups excluding carboxylic acids is 1. The molecule has 0 bridgehead atoms. The molecule has 122 valence electrons. The Morgan fingerprint density at radius 1 is 1.17 bits per heavy atom. The van der Waals surface area contributed by atoms with E-state index in [1.54, 1.807) is 10.9 Å². The second kappa shape index (κ2) is 6.89. The number of halogens is 1. The van der Waals surface area contributed by atoms with Crippen molar-refractivity contribution in [1.82, 2.24) is 15.1 Å². The van der Waals surface area contributed by atoms with E-state index in [1.165, 1.54) is 0 Å². The summed E-state index contributed by atoms with van der Waals surface area (Å²) in [7, 11) is 0. The Hall–Kier alpha value is -2.59. The van der Waals surface area contributed by atoms with Gasteiger partial charge in [0.1, 0.15) is 0 Å². The van der Waals surface area contributed by atoms with Crippen LogP contribution in [0.4, 0.5) is 0 Å². The minimum atomic E-state index is -0.146. The monoisotopic (exact) mass is 339 g/mol. The van der Waals surface area contributed by atoms with Gasteiger partial charge in [0, 0.05) is 11.6 Å². The molecule has 1 heterocycles. The highest BCUT2D eigenvalue weighted by molar-refractivity contribution is 6.30. The van der Waals surface area contributed by atoms with Crippen molar-refractivity contribution in [1.29, 1.82) is 0 Å². The summed E-state index contributed by atoms with van der Waals surface area (Å²) in [5.74, 6) is -0.146. The molecule has 0 spiro atoms. The van der Waals surface area contributed by atoms with E-state index in [-0.39, 0.29) is 5.91 Å². The molecule has 3 aromatic rings. The first kappa shape index (κ1) is 16.3. The summed E-state index contributed by atoms with van der Waals surface area (Å²) in [5, 5.41) is 7.94. The molecule has 0 atom stereocenters. The van der Waals surface area contributed by atoms with Crippen LogP contribution >= 0.6 is 11.6 Å². The molecule has 1 amide bonds. The number of aromatic nitrogens is 2. The fourth-order valence-corrected chi connectivity index (χ4v) is 2.81. The molecule has 0 aliphatic heterocycles. The lowest BCUT2D eigenvalue weighted by Gasteiger charge is -2.09. The van der Waals surface area contributed by atoms with Gasteiger partial charge in [-0.3, -0.25) is 4.79 Å². The fourth-order valence-electron chi connectivity index (χ4n) is 2.60. The fraction of sp³-hybridized carbons (Fsp3) is 0.158. The minimum absolute atomic E-state index is 0.146. The summed E-state index contributed by atoms with van der Waals surface area (Å²) in [4.78, 5) is 12.5. The molecule has 3 rings (SSSR count). The maximum atomic E-state index is 12.5. The molecule has 0 saturated carbocycles. The van der Waals surface area contributed by atoms with Gasteiger partial charge < -0.3 is 5.32 Å². The van der Waals surface area contributed by atoms with Crippen LogP contribution in [0.1, 0.15) is 27.2 Å². The Bertz CT molecular complexity index is 886. The quantitative estimate of drug-likeness (QED) is 0.778. The van der Waals surface area contributed by atoms with Crippen LogP contribution < -0.4 is 5.32 Å². The highest BCUT2D eigenvalue weighted by atomic mass is 35.5. The van der Waals surface area contributed by atoms with Crippen molar-refractivity contribution in [2.75, 3.05) is 0 Å². The zero-order valence-corrected chi connectivity index (χ0v) is 14.3. The maximum Gasteiger partial charge on any atom is 0.255 e. The van der Waals surface area contributed by atoms with Crippen molar-refractivity contribution < 1.29 is 4.79 Å². The van der Waals surface area contributed by atoms with Gasteiger partial charge in [-0.15, -0.1) is 0 Å². The number of rotatable bonds is 4. The van der Waals surface area contributed by atoms with Crippen molar-refractivity contribution in [2.45, 2.75) is 20.4 Å². The Labute approximate surface area is 146 Å². The summed E-state index contributed by atoms with van der Waals surface area (Å²) in [5.41, 5.74) is 4.42. The number of benzene rings is 2. The summed E-state index contributed by atoms with van der Waals surface area (Å²) in [6.45, 7) is 4.34. The van der Waals surface area contributed by atoms with Gasteiger partial charge in [0.15, 0.2) is 0 Å². The van der Waals surface area contributed by atoms with Crippen LogP contribution in [0, 0.1) is 13.8 Å². The van der Waals surface area contributed by atoms with E-state index in [2.05, 4.69) is 10.4 Å². The first-order valence-electron chi connectivity index (χ1n) is 7.69. The van der Waals surface area contributed by atoms with E-state index >= 15 is 0 Å². The van der Waals surface area contributed by atoms with Crippen LogP contribution in [-0.4, -0.2) is 15.7 Å². The van der Waals surface area contributed by atoms with E-state index < -0.39 is 0 Å². The number of aryl methyl sites for hydroxylation is 1. The van der Waals surface area contributed by atoms with Crippen LogP contribution in [0.15, 0.2) is 54.7 Å². The van der Waals surface area contributed by atoms with Crippen molar-refractivity contribution in [2.24, 2.45) is 0 Å². The maximum absolute atomic E-state index is 12.5. The van der Waals surface area contributed by atoms with Gasteiger partial charge in [0.25, 0.3) is 5.91 Å². The van der Waals surface area contributed by atoms with Gasteiger partial charge in [0.05, 0.1) is 23.1 Å². The number of carbonyl (C=O) groups is 1. The van der Waals surface area contributed by atoms with Gasteiger partial charge in [-0.25, -0.2) is 4.68 Å². The Balaban J connectivity index is 1.78. The minimum Gasteiger partial charge on any atom is -0.348 e. The number of amides is 1. The molecule has 1 N–H and O–H groups in total. The summed E-state index contributed by atoms with van der Waals surface area (Å²) < 4.78 is 1.80. The summed E-state index contributed by atoms with van der Waals surface area (Å²) in [6, 6.07) is 15.4. The Morgan fingerprint density at radius 3 is 2.71 bits per heavy atom. The van der Waals surface area contributed by atoms with Gasteiger partial charge in [-0.1, -0.05) is 41.9 Å². The van der Waals surface area contributed by atoms with Crippen LogP contribution in [-0.2, 0) is 6.54 Å². The molecular formula is C19H18ClN3O. The lowest BCUT2D eigenvalue weighted by atomic mass is 10.2. The van der Waals surface area contributed by atoms with Crippen LogP contribution in [0.5, 0.6) is 0 Å². The predicted molar refractivity (Wildman–Crippen MR) is 95.7 cm³/mol. The lowest BCUT2D eigenvalue weighted by Crippen LogP contribution is -2.23. The first-order chi connectivity index (χ1) is 11.6. The molecular weight excluding hydrogens is 322 g/mol. The molecule has 0 aliphatic carbocycles. The highest BCUT2D eigenvalue weighted by Crippen LogP contribution is 2.17. The second-order valence-corrected chi connectivity index (χ2v) is 6.09. The lowest BCUT2D eigenvalue weighted by molar-refractivity contribution is 0.0950. The van der Waals surface area contributed by atoms with E-state index in [0.29, 0.717) is 17.1 Å². The molecule has 24 heavy (non-hydrogen) atoms. The van der Waals surface area contributed by atoms with Crippen LogP contribution in [0.2, 0.25) is 5.02 Å². The third-order valence-corrected chi connectivity index (χ3v) is 4.18. The largest absolute Gasteiger partial charge is 0.348 e. The summed E-state index contributed by atoms with van der Waals surface area (Å²) >= 11 is 5.96. The van der Waals surface area contributed by atoms with E-state index in [0.717, 1.165) is 22.5 Å². The molecule has 0 unspecified atom stereocenters. The van der Waals surface area contributed by atoms with E-state index in [1.807, 2.05) is 62.4 Å². The predicted octanol–water partition coefficient (Wildman–Crippen LogP) is 4.07. The van der Waals surface area contributed by atoms with Crippen molar-refractivity contribution in [3.05, 3.63) is 82.1 Å². The normalized spacial score (nSPS) is 10.6. The standard InChI is InChI=1S/C19H18ClN3O/c1-13-6-3-4-9-18(13)23-14(2)17(12-22-23)19(24)21-11-15-7-5-8-16(20)10-15/h3-10,12H,11H2,1-2H3,(H,21,24). The zero-order valence-electron chi connectivity index (χ0n) is 13.6. The van der Waals surface area contributed by atoms with Crippen molar-refractivity contribution >= 4 is 17.5 Å². The Morgan fingerprint density at radius 2 is 1.96 bits per heavy atom. The van der Waals surface area contributed by atoms with Crippen molar-refractivity contribution in [3.63, 3.8) is 0 Å². The number of hydrogen-bond donors (Lipinski definition) is 1. The average molecular weight is 340 g/mol. The van der Waals surface area contributed by atoms with Crippen LogP contribution in [0.3, 0.4) is 0 Å². The van der Waals surface area contributed by atoms with Crippen molar-refractivity contribution in [3.8, 4) is 5.69 Å². The molecule has 0 saturated heterocycles. The first-order valence-corrected chi connectivity index (χ1v) is 8.07. The number of hydrogen-bond acceptors (Lipinski definition) is 2. The third kappa shape index (κ3) is 3.34. The Kier molecular flexibility index (Phi) is 4.67. The third-order valence-electron chi connectivity index (χ3n) is 3.94. The molecule has 1 aromatic heterocycles. The number of nitrogens with one attached hydrogen (secondary N) is 1. The smallest absolute Gasteiger partial charge is 0.255 e. The molecule has 4 nitrogen and oxygen atoms in total. The van der Waals surface area contributed by atoms with E-state index in [4.69, 9.17) is 11.6 Å². The molecule has 2 aromatic carbocycles. The average Bonchev–Trinajstić information content (AvgIpc) is 2.95. The molecule has 5 heteroatoms. The zero-order chi connectivity index (χ0) is 17.1. The van der Waals surface area contributed by atoms with Crippen LogP contribution in [0.25, 0.3) is 5.69 Å². The van der Waals surface area contributed by atoms with Gasteiger partial charge in [-0.2, -0.15) is 5.10 Å². The molecule has 0 radical (unpaired) electrons. The summed E-state index contributed by atoms with van der Waals surface area (Å²) in [6.07, 6.45) is 1.61. The highest BCUT2D eigenvalue weighted by Gasteiger charge is 2.15. The number of para-hydroxylation sites is 1. The SMILES string of the molecule is Cc1ccccc1-n1ncc(C(=O)NCc2cccc(Cl)c2)c1C. The second-order valence-electron chi connectivity index (χ2n) is 5.65. The molecule has 0 aliphatic rings. The van der Waals surface area contributed by atoms with E-state index in [9.17, 15) is 4.79 Å². The molecule has 0 fully saturated rings. The topological polar surface area (TPSA) is 46.9 Å². The number of nitrogens with zero attached hydrogens (tertiary/aromatic N) is 2. The van der Waals surface area contributed by atoms with Gasteiger partial charge in [0.2, 0.25) is 0 Å². The van der Waals surface area contributed by atoms with Gasteiger partial charge >= 0.3 is 0 Å².